The summed E-state index contributed by atoms with van der Waals surface area (Å²) < 4.78 is 0. The molecule has 0 amide bonds. The van der Waals surface area contributed by atoms with Gasteiger partial charge in [-0.2, -0.15) is 5.26 Å². The maximum atomic E-state index is 9.53. The molecular weight excluding hydrogens is 681 g/mol. The number of nitriles is 1. The number of hydrogen-bond acceptors (Lipinski definition) is 4. The zero-order valence-electron chi connectivity index (χ0n) is 30.4. The van der Waals surface area contributed by atoms with Crippen LogP contribution < -0.4 is 0 Å². The third kappa shape index (κ3) is 7.01. The van der Waals surface area contributed by atoms with E-state index in [1.807, 2.05) is 60.7 Å². The SMILES string of the molecule is N#Cc1cccc(-c2cccc(-c3nc(-c4ccc(-c5ccccc5)cc4)nc(-c4ccc(-c5cccc(-c6ccccc6)c5-c5ccccc5)cc4)n3)c2)c1. The van der Waals surface area contributed by atoms with E-state index in [9.17, 15) is 5.26 Å². The molecule has 56 heavy (non-hydrogen) atoms. The van der Waals surface area contributed by atoms with Crippen LogP contribution in [0.5, 0.6) is 0 Å². The van der Waals surface area contributed by atoms with Gasteiger partial charge in [0.1, 0.15) is 0 Å². The van der Waals surface area contributed by atoms with E-state index < -0.39 is 0 Å². The van der Waals surface area contributed by atoms with Gasteiger partial charge in [-0.1, -0.05) is 188 Å². The summed E-state index contributed by atoms with van der Waals surface area (Å²) in [6, 6.07) is 72.9. The molecule has 0 fully saturated rings. The van der Waals surface area contributed by atoms with E-state index in [0.29, 0.717) is 23.0 Å². The van der Waals surface area contributed by atoms with Crippen molar-refractivity contribution in [3.8, 4) is 95.9 Å². The summed E-state index contributed by atoms with van der Waals surface area (Å²) in [6.45, 7) is 0. The van der Waals surface area contributed by atoms with Crippen molar-refractivity contribution in [2.24, 2.45) is 0 Å². The molecule has 0 aliphatic heterocycles. The Bertz CT molecular complexity index is 2830. The second-order valence-corrected chi connectivity index (χ2v) is 13.6. The second kappa shape index (κ2) is 15.3. The first-order chi connectivity index (χ1) is 27.7. The summed E-state index contributed by atoms with van der Waals surface area (Å²) in [7, 11) is 0. The molecule has 0 saturated carbocycles. The monoisotopic (exact) mass is 714 g/mol. The Labute approximate surface area is 326 Å². The van der Waals surface area contributed by atoms with E-state index in [2.05, 4.69) is 152 Å². The molecule has 9 rings (SSSR count). The first-order valence-electron chi connectivity index (χ1n) is 18.6. The van der Waals surface area contributed by atoms with Gasteiger partial charge in [0.25, 0.3) is 0 Å². The smallest absolute Gasteiger partial charge is 0.164 e. The molecule has 1 heterocycles. The number of aromatic nitrogens is 3. The normalized spacial score (nSPS) is 10.8. The molecule has 8 aromatic carbocycles. The van der Waals surface area contributed by atoms with E-state index in [1.54, 1.807) is 0 Å². The van der Waals surface area contributed by atoms with Gasteiger partial charge >= 0.3 is 0 Å². The lowest BCUT2D eigenvalue weighted by atomic mass is 9.87. The van der Waals surface area contributed by atoms with Gasteiger partial charge in [-0.3, -0.25) is 0 Å². The van der Waals surface area contributed by atoms with E-state index in [1.165, 1.54) is 16.7 Å². The van der Waals surface area contributed by atoms with Gasteiger partial charge in [0.2, 0.25) is 0 Å². The van der Waals surface area contributed by atoms with Crippen molar-refractivity contribution >= 4 is 0 Å². The van der Waals surface area contributed by atoms with E-state index in [0.717, 1.165) is 55.6 Å². The molecule has 0 unspecified atom stereocenters. The number of nitrogens with zero attached hydrogens (tertiary/aromatic N) is 4. The number of rotatable bonds is 8. The summed E-state index contributed by atoms with van der Waals surface area (Å²) in [6.07, 6.45) is 0. The third-order valence-electron chi connectivity index (χ3n) is 10.00. The molecular formula is C52H34N4. The van der Waals surface area contributed by atoms with Crippen LogP contribution in [-0.2, 0) is 0 Å². The highest BCUT2D eigenvalue weighted by molar-refractivity contribution is 5.94. The van der Waals surface area contributed by atoms with Crippen LogP contribution in [0, 0.1) is 11.3 Å². The quantitative estimate of drug-likeness (QED) is 0.157. The van der Waals surface area contributed by atoms with Crippen LogP contribution >= 0.6 is 0 Å². The molecule has 4 heteroatoms. The predicted octanol–water partition coefficient (Wildman–Crippen LogP) is 13.1. The van der Waals surface area contributed by atoms with Crippen molar-refractivity contribution < 1.29 is 0 Å². The molecule has 9 aromatic rings. The summed E-state index contributed by atoms with van der Waals surface area (Å²) in [5.74, 6) is 1.75. The highest BCUT2D eigenvalue weighted by Crippen LogP contribution is 2.40. The lowest BCUT2D eigenvalue weighted by Gasteiger charge is -2.16. The summed E-state index contributed by atoms with van der Waals surface area (Å²) in [5, 5.41) is 9.53. The standard InChI is InChI=1S/C52H34N4/c53-35-36-13-10-20-44(33-36)45-21-11-22-46(34-45)52-55-50(42-29-25-38(26-30-42)37-14-4-1-5-15-37)54-51(56-52)43-31-27-40(28-32-43)48-24-12-23-47(39-16-6-2-7-17-39)49(48)41-18-8-3-9-19-41/h1-34H. The van der Waals surface area contributed by atoms with Crippen LogP contribution in [0.4, 0.5) is 0 Å². The molecule has 4 nitrogen and oxygen atoms in total. The largest absolute Gasteiger partial charge is 0.208 e. The van der Waals surface area contributed by atoms with Gasteiger partial charge in [-0.05, 0) is 73.8 Å². The van der Waals surface area contributed by atoms with Gasteiger partial charge in [0.15, 0.2) is 17.5 Å². The molecule has 1 aromatic heterocycles. The summed E-state index contributed by atoms with van der Waals surface area (Å²) in [4.78, 5) is 15.2. The Morgan fingerprint density at radius 2 is 0.661 bits per heavy atom. The van der Waals surface area contributed by atoms with Crippen LogP contribution in [-0.4, -0.2) is 15.0 Å². The zero-order chi connectivity index (χ0) is 37.7. The maximum absolute atomic E-state index is 9.53. The fraction of sp³-hybridized carbons (Fsp3) is 0. The third-order valence-corrected chi connectivity index (χ3v) is 10.00. The second-order valence-electron chi connectivity index (χ2n) is 13.6. The van der Waals surface area contributed by atoms with Crippen LogP contribution in [0.2, 0.25) is 0 Å². The minimum absolute atomic E-state index is 0.571. The fourth-order valence-corrected chi connectivity index (χ4v) is 7.18. The van der Waals surface area contributed by atoms with Crippen LogP contribution in [0.15, 0.2) is 206 Å². The van der Waals surface area contributed by atoms with E-state index >= 15 is 0 Å². The first kappa shape index (κ1) is 34.1. The average Bonchev–Trinajstić information content (AvgIpc) is 3.29. The number of hydrogen-bond donors (Lipinski definition) is 0. The van der Waals surface area contributed by atoms with Crippen molar-refractivity contribution in [1.29, 1.82) is 5.26 Å². The molecule has 0 aliphatic rings. The Hall–Kier alpha value is -7.74. The lowest BCUT2D eigenvalue weighted by Crippen LogP contribution is -2.00. The first-order valence-corrected chi connectivity index (χ1v) is 18.6. The van der Waals surface area contributed by atoms with Crippen molar-refractivity contribution in [1.82, 2.24) is 15.0 Å². The van der Waals surface area contributed by atoms with Gasteiger partial charge in [-0.15, -0.1) is 0 Å². The molecule has 0 spiro atoms. The molecule has 0 bridgehead atoms. The predicted molar refractivity (Wildman–Crippen MR) is 228 cm³/mol. The minimum atomic E-state index is 0.571. The Kier molecular flexibility index (Phi) is 9.31. The Balaban J connectivity index is 1.14. The van der Waals surface area contributed by atoms with Gasteiger partial charge in [0.05, 0.1) is 11.6 Å². The molecule has 262 valence electrons. The van der Waals surface area contributed by atoms with E-state index in [-0.39, 0.29) is 0 Å². The molecule has 0 N–H and O–H groups in total. The Morgan fingerprint density at radius 1 is 0.286 bits per heavy atom. The van der Waals surface area contributed by atoms with Gasteiger partial charge in [0, 0.05) is 16.7 Å². The Morgan fingerprint density at radius 3 is 1.23 bits per heavy atom. The van der Waals surface area contributed by atoms with E-state index in [4.69, 9.17) is 15.0 Å². The number of benzene rings is 8. The summed E-state index contributed by atoms with van der Waals surface area (Å²) in [5.41, 5.74) is 14.4. The fourth-order valence-electron chi connectivity index (χ4n) is 7.18. The average molecular weight is 715 g/mol. The zero-order valence-corrected chi connectivity index (χ0v) is 30.4. The highest BCUT2D eigenvalue weighted by atomic mass is 15.0. The molecule has 0 radical (unpaired) electrons. The van der Waals surface area contributed by atoms with Crippen molar-refractivity contribution in [3.63, 3.8) is 0 Å². The van der Waals surface area contributed by atoms with Crippen molar-refractivity contribution in [2.75, 3.05) is 0 Å². The molecule has 0 aliphatic carbocycles. The highest BCUT2D eigenvalue weighted by Gasteiger charge is 2.17. The van der Waals surface area contributed by atoms with Crippen LogP contribution in [0.1, 0.15) is 5.56 Å². The maximum Gasteiger partial charge on any atom is 0.164 e. The summed E-state index contributed by atoms with van der Waals surface area (Å²) >= 11 is 0. The van der Waals surface area contributed by atoms with Crippen molar-refractivity contribution in [2.45, 2.75) is 0 Å². The van der Waals surface area contributed by atoms with Crippen LogP contribution in [0.25, 0.3) is 89.8 Å². The molecule has 0 saturated heterocycles. The van der Waals surface area contributed by atoms with Crippen LogP contribution in [0.3, 0.4) is 0 Å². The van der Waals surface area contributed by atoms with Crippen molar-refractivity contribution in [3.05, 3.63) is 212 Å². The van der Waals surface area contributed by atoms with Gasteiger partial charge < -0.3 is 0 Å². The lowest BCUT2D eigenvalue weighted by molar-refractivity contribution is 1.07. The van der Waals surface area contributed by atoms with Gasteiger partial charge in [-0.25, -0.2) is 15.0 Å². The topological polar surface area (TPSA) is 62.5 Å². The molecule has 0 atom stereocenters. The minimum Gasteiger partial charge on any atom is -0.208 e.